The molecule has 1 aromatic rings. The fourth-order valence-electron chi connectivity index (χ4n) is 1.36. The van der Waals surface area contributed by atoms with E-state index in [0.29, 0.717) is 5.02 Å². The average Bonchev–Trinajstić information content (AvgIpc) is 2.28. The smallest absolute Gasteiger partial charge is 0.307 e. The Morgan fingerprint density at radius 2 is 2.22 bits per heavy atom. The number of carbonyl (C=O) groups excluding carboxylic acids is 1. The highest BCUT2D eigenvalue weighted by Gasteiger charge is 2.22. The minimum Gasteiger partial charge on any atom is -0.469 e. The molecule has 1 rings (SSSR count). The fraction of sp³-hybridized carbons (Fsp3) is 0.300. The summed E-state index contributed by atoms with van der Waals surface area (Å²) in [5.74, 6) is -0.535. The molecule has 2 N–H and O–H groups in total. The van der Waals surface area contributed by atoms with Crippen molar-refractivity contribution in [3.8, 4) is 0 Å². The second kappa shape index (κ2) is 7.15. The van der Waals surface area contributed by atoms with Gasteiger partial charge in [0.1, 0.15) is 0 Å². The van der Waals surface area contributed by atoms with Crippen molar-refractivity contribution >= 4 is 35.7 Å². The van der Waals surface area contributed by atoms with Crippen molar-refractivity contribution in [1.82, 2.24) is 0 Å². The zero-order valence-electron chi connectivity index (χ0n) is 9.46. The fourth-order valence-corrected chi connectivity index (χ4v) is 1.54. The molecule has 18 heavy (non-hydrogen) atoms. The zero-order chi connectivity index (χ0) is 13.0. The number of nitrogens with two attached hydrogens (primary N) is 1. The van der Waals surface area contributed by atoms with Crippen molar-refractivity contribution in [2.75, 3.05) is 7.11 Å². The Balaban J connectivity index is 0.00000289. The molecule has 0 unspecified atom stereocenters. The normalized spacial score (nSPS) is 11.3. The lowest BCUT2D eigenvalue weighted by atomic mass is 10.0. The van der Waals surface area contributed by atoms with E-state index in [1.807, 2.05) is 0 Å². The molecule has 0 saturated heterocycles. The van der Waals surface area contributed by atoms with E-state index in [2.05, 4.69) is 4.74 Å². The third-order valence-corrected chi connectivity index (χ3v) is 2.44. The minimum atomic E-state index is -0.818. The van der Waals surface area contributed by atoms with Gasteiger partial charge in [-0.2, -0.15) is 0 Å². The van der Waals surface area contributed by atoms with Gasteiger partial charge in [0, 0.05) is 22.7 Å². The van der Waals surface area contributed by atoms with Crippen LogP contribution in [0.3, 0.4) is 0 Å². The Morgan fingerprint density at radius 1 is 1.61 bits per heavy atom. The lowest BCUT2D eigenvalue weighted by Crippen LogP contribution is -2.17. The number of nitro benzene ring substituents is 1. The van der Waals surface area contributed by atoms with Gasteiger partial charge in [0.05, 0.1) is 18.5 Å². The number of carbonyl (C=O) groups is 1. The van der Waals surface area contributed by atoms with E-state index in [0.717, 1.165) is 0 Å². The van der Waals surface area contributed by atoms with Crippen molar-refractivity contribution in [3.05, 3.63) is 38.9 Å². The molecule has 0 bridgehead atoms. The number of benzene rings is 1. The molecule has 0 heterocycles. The number of methoxy groups -OCH3 is 1. The standard InChI is InChI=1S/C10H11ClN2O4.ClH/c1-17-10(14)5-8(12)7-4-6(11)2-3-9(7)13(15)16;/h2-4,8H,5,12H2,1H3;1H/t8-;/m1./s1. The summed E-state index contributed by atoms with van der Waals surface area (Å²) in [4.78, 5) is 21.3. The average molecular weight is 295 g/mol. The summed E-state index contributed by atoms with van der Waals surface area (Å²) in [7, 11) is 1.22. The van der Waals surface area contributed by atoms with Crippen LogP contribution in [-0.4, -0.2) is 18.0 Å². The summed E-state index contributed by atoms with van der Waals surface area (Å²) in [6.07, 6.45) is -0.141. The summed E-state index contributed by atoms with van der Waals surface area (Å²) < 4.78 is 4.45. The number of rotatable bonds is 4. The van der Waals surface area contributed by atoms with Gasteiger partial charge in [-0.25, -0.2) is 0 Å². The number of halogens is 2. The Labute approximate surface area is 115 Å². The van der Waals surface area contributed by atoms with Gasteiger partial charge in [0.25, 0.3) is 5.69 Å². The maximum atomic E-state index is 11.1. The van der Waals surface area contributed by atoms with Crippen LogP contribution in [0.1, 0.15) is 18.0 Å². The summed E-state index contributed by atoms with van der Waals surface area (Å²) in [6, 6.07) is 3.22. The zero-order valence-corrected chi connectivity index (χ0v) is 11.0. The van der Waals surface area contributed by atoms with Crippen LogP contribution in [0.2, 0.25) is 5.02 Å². The van der Waals surface area contributed by atoms with E-state index in [1.54, 1.807) is 0 Å². The Kier molecular flexibility index (Phi) is 6.61. The first-order valence-electron chi connectivity index (χ1n) is 4.72. The van der Waals surface area contributed by atoms with Crippen molar-refractivity contribution in [3.63, 3.8) is 0 Å². The van der Waals surface area contributed by atoms with Gasteiger partial charge in [0.2, 0.25) is 0 Å². The van der Waals surface area contributed by atoms with Crippen LogP contribution in [0.15, 0.2) is 18.2 Å². The first-order valence-corrected chi connectivity index (χ1v) is 5.09. The van der Waals surface area contributed by atoms with Gasteiger partial charge in [-0.15, -0.1) is 12.4 Å². The third-order valence-electron chi connectivity index (χ3n) is 2.20. The second-order valence-electron chi connectivity index (χ2n) is 3.35. The molecule has 0 aliphatic rings. The molecule has 0 amide bonds. The number of nitrogens with zero attached hydrogens (tertiary/aromatic N) is 1. The van der Waals surface area contributed by atoms with Crippen molar-refractivity contribution in [1.29, 1.82) is 0 Å². The molecule has 0 spiro atoms. The van der Waals surface area contributed by atoms with Crippen LogP contribution in [0.4, 0.5) is 5.69 Å². The van der Waals surface area contributed by atoms with Crippen LogP contribution in [-0.2, 0) is 9.53 Å². The molecule has 0 fully saturated rings. The monoisotopic (exact) mass is 294 g/mol. The maximum Gasteiger partial charge on any atom is 0.307 e. The lowest BCUT2D eigenvalue weighted by Gasteiger charge is -2.11. The molecule has 0 aromatic heterocycles. The van der Waals surface area contributed by atoms with Gasteiger partial charge >= 0.3 is 5.97 Å². The molecular weight excluding hydrogens is 283 g/mol. The molecule has 0 radical (unpaired) electrons. The Hall–Kier alpha value is -1.37. The Bertz CT molecular complexity index is 454. The Morgan fingerprint density at radius 3 is 2.72 bits per heavy atom. The lowest BCUT2D eigenvalue weighted by molar-refractivity contribution is -0.385. The highest BCUT2D eigenvalue weighted by molar-refractivity contribution is 6.30. The van der Waals surface area contributed by atoms with Gasteiger partial charge in [-0.05, 0) is 12.1 Å². The highest BCUT2D eigenvalue weighted by Crippen LogP contribution is 2.28. The maximum absolute atomic E-state index is 11.1. The topological polar surface area (TPSA) is 95.5 Å². The van der Waals surface area contributed by atoms with E-state index in [1.165, 1.54) is 25.3 Å². The predicted molar refractivity (Wildman–Crippen MR) is 68.9 cm³/mol. The third kappa shape index (κ3) is 4.14. The first-order chi connectivity index (χ1) is 7.95. The number of esters is 1. The molecule has 0 aliphatic heterocycles. The molecule has 0 saturated carbocycles. The summed E-state index contributed by atoms with van der Waals surface area (Å²) in [5, 5.41) is 11.1. The number of hydrogen-bond acceptors (Lipinski definition) is 5. The van der Waals surface area contributed by atoms with Crippen LogP contribution in [0.25, 0.3) is 0 Å². The van der Waals surface area contributed by atoms with E-state index in [-0.39, 0.29) is 30.1 Å². The highest BCUT2D eigenvalue weighted by atomic mass is 35.5. The second-order valence-corrected chi connectivity index (χ2v) is 3.78. The largest absolute Gasteiger partial charge is 0.469 e. The van der Waals surface area contributed by atoms with E-state index >= 15 is 0 Å². The van der Waals surface area contributed by atoms with Gasteiger partial charge < -0.3 is 10.5 Å². The minimum absolute atomic E-state index is 0. The van der Waals surface area contributed by atoms with Gasteiger partial charge in [-0.1, -0.05) is 11.6 Å². The van der Waals surface area contributed by atoms with Crippen LogP contribution in [0.5, 0.6) is 0 Å². The van der Waals surface area contributed by atoms with E-state index in [9.17, 15) is 14.9 Å². The quantitative estimate of drug-likeness (QED) is 0.522. The van der Waals surface area contributed by atoms with Gasteiger partial charge in [-0.3, -0.25) is 14.9 Å². The summed E-state index contributed by atoms with van der Waals surface area (Å²) in [6.45, 7) is 0. The summed E-state index contributed by atoms with van der Waals surface area (Å²) in [5.41, 5.74) is 5.77. The van der Waals surface area contributed by atoms with Gasteiger partial charge in [0.15, 0.2) is 0 Å². The number of ether oxygens (including phenoxy) is 1. The van der Waals surface area contributed by atoms with E-state index in [4.69, 9.17) is 17.3 Å². The number of hydrogen-bond donors (Lipinski definition) is 1. The predicted octanol–water partition coefficient (Wildman–Crippen LogP) is 2.23. The van der Waals surface area contributed by atoms with Crippen LogP contribution in [0, 0.1) is 10.1 Å². The molecular formula is C10H12Cl2N2O4. The van der Waals surface area contributed by atoms with Crippen LogP contribution < -0.4 is 5.73 Å². The molecule has 0 aliphatic carbocycles. The van der Waals surface area contributed by atoms with Crippen molar-refractivity contribution in [2.45, 2.75) is 12.5 Å². The van der Waals surface area contributed by atoms with E-state index < -0.39 is 16.9 Å². The molecule has 100 valence electrons. The SMILES string of the molecule is COC(=O)C[C@@H](N)c1cc(Cl)ccc1[N+](=O)[O-].Cl. The summed E-state index contributed by atoms with van der Waals surface area (Å²) >= 11 is 5.74. The molecule has 1 aromatic carbocycles. The molecule has 1 atom stereocenters. The molecule has 6 nitrogen and oxygen atoms in total. The van der Waals surface area contributed by atoms with Crippen molar-refractivity contribution in [2.24, 2.45) is 5.73 Å². The van der Waals surface area contributed by atoms with Crippen molar-refractivity contribution < 1.29 is 14.5 Å². The number of nitro groups is 1. The molecule has 8 heteroatoms. The van der Waals surface area contributed by atoms with Crippen LogP contribution >= 0.6 is 24.0 Å². The first kappa shape index (κ1) is 16.6.